The van der Waals surface area contributed by atoms with Gasteiger partial charge in [0.05, 0.1) is 16.0 Å². The van der Waals surface area contributed by atoms with E-state index in [1.165, 1.54) is 6.08 Å². The molecule has 1 N–H and O–H groups in total. The number of allylic oxidation sites excluding steroid dienone is 1. The number of rotatable bonds is 6. The zero-order valence-corrected chi connectivity index (χ0v) is 12.7. The smallest absolute Gasteiger partial charge is 0.284 e. The molecule has 0 bridgehead atoms. The van der Waals surface area contributed by atoms with Crippen LogP contribution in [0.5, 0.6) is 0 Å². The Morgan fingerprint density at radius 1 is 1.47 bits per heavy atom. The van der Waals surface area contributed by atoms with E-state index in [4.69, 9.17) is 23.2 Å². The summed E-state index contributed by atoms with van der Waals surface area (Å²) in [4.78, 5) is 0.481. The van der Waals surface area contributed by atoms with Crippen LogP contribution in [0.25, 0.3) is 0 Å². The first-order valence-electron chi connectivity index (χ1n) is 5.60. The van der Waals surface area contributed by atoms with Gasteiger partial charge in [0, 0.05) is 4.90 Å². The third-order valence-corrected chi connectivity index (χ3v) is 4.80. The summed E-state index contributed by atoms with van der Waals surface area (Å²) in [6, 6.07) is 6.90. The summed E-state index contributed by atoms with van der Waals surface area (Å²) in [6.07, 6.45) is -0.192. The third-order valence-electron chi connectivity index (χ3n) is 2.61. The second-order valence-electron chi connectivity index (χ2n) is 4.16. The van der Waals surface area contributed by atoms with E-state index < -0.39 is 26.7 Å². The molecule has 2 nitrogen and oxygen atoms in total. The van der Waals surface area contributed by atoms with E-state index in [0.717, 1.165) is 5.56 Å². The average Bonchev–Trinajstić information content (AvgIpc) is 2.34. The minimum atomic E-state index is -2.85. The molecular weight excluding hydrogens is 310 g/mol. The van der Waals surface area contributed by atoms with Gasteiger partial charge in [-0.2, -0.15) is 0 Å². The van der Waals surface area contributed by atoms with Crippen LogP contribution >= 0.6 is 23.2 Å². The largest absolute Gasteiger partial charge is 0.386 e. The molecule has 0 aliphatic rings. The van der Waals surface area contributed by atoms with Gasteiger partial charge in [0.2, 0.25) is 0 Å². The van der Waals surface area contributed by atoms with E-state index in [0.29, 0.717) is 4.90 Å². The molecule has 0 saturated heterocycles. The van der Waals surface area contributed by atoms with Crippen molar-refractivity contribution < 1.29 is 13.7 Å². The minimum Gasteiger partial charge on any atom is -0.386 e. The highest BCUT2D eigenvalue weighted by atomic mass is 35.5. The lowest BCUT2D eigenvalue weighted by molar-refractivity contribution is 0.0944. The third kappa shape index (κ3) is 4.56. The molecular formula is C13H15Cl2FO2S. The van der Waals surface area contributed by atoms with Crippen molar-refractivity contribution in [3.63, 3.8) is 0 Å². The zero-order valence-electron chi connectivity index (χ0n) is 10.4. The van der Waals surface area contributed by atoms with Crippen LogP contribution in [0.15, 0.2) is 41.8 Å². The predicted molar refractivity (Wildman–Crippen MR) is 77.7 cm³/mol. The maximum Gasteiger partial charge on any atom is 0.284 e. The van der Waals surface area contributed by atoms with Crippen molar-refractivity contribution in [3.05, 3.63) is 42.5 Å². The molecule has 0 heterocycles. The Labute approximate surface area is 124 Å². The number of aliphatic hydroxyl groups excluding tert-OH is 1. The minimum absolute atomic E-state index is 0.132. The van der Waals surface area contributed by atoms with Gasteiger partial charge in [-0.1, -0.05) is 47.0 Å². The molecule has 0 aliphatic heterocycles. The van der Waals surface area contributed by atoms with Gasteiger partial charge in [-0.15, -0.1) is 6.58 Å². The highest BCUT2D eigenvalue weighted by molar-refractivity contribution is 7.85. The Balaban J connectivity index is 3.02. The van der Waals surface area contributed by atoms with Crippen molar-refractivity contribution in [2.45, 2.75) is 34.2 Å². The fourth-order valence-electron chi connectivity index (χ4n) is 1.56. The van der Waals surface area contributed by atoms with E-state index in [1.807, 2.05) is 6.92 Å². The molecule has 0 unspecified atom stereocenters. The second-order valence-corrected chi connectivity index (χ2v) is 7.13. The molecule has 0 amide bonds. The topological polar surface area (TPSA) is 37.3 Å². The van der Waals surface area contributed by atoms with Crippen LogP contribution in [0.3, 0.4) is 0 Å². The Morgan fingerprint density at radius 2 is 2.00 bits per heavy atom. The Bertz CT molecular complexity index is 457. The molecule has 0 aliphatic carbocycles. The molecule has 106 valence electrons. The van der Waals surface area contributed by atoms with Crippen LogP contribution in [0, 0.1) is 6.92 Å². The summed E-state index contributed by atoms with van der Waals surface area (Å²) >= 11 is 10.5. The van der Waals surface area contributed by atoms with Crippen LogP contribution in [0.1, 0.15) is 12.0 Å². The van der Waals surface area contributed by atoms with Gasteiger partial charge in [0.15, 0.2) is 0 Å². The molecule has 0 radical (unpaired) electrons. The number of hydrogen-bond acceptors (Lipinski definition) is 2. The molecule has 1 rings (SSSR count). The average molecular weight is 325 g/mol. The molecule has 3 atom stereocenters. The van der Waals surface area contributed by atoms with E-state index in [-0.39, 0.29) is 6.42 Å². The standard InChI is InChI=1S/C13H15Cl2FO2S/c1-3-4-11(12(17)13(14,15)16)19(18)10-7-5-9(2)6-8-10/h3,5-8,11-12,17H,1,4H2,2H3/t11-,12+,19+/m1/s1. The van der Waals surface area contributed by atoms with Gasteiger partial charge in [-0.3, -0.25) is 4.21 Å². The first kappa shape index (κ1) is 16.6. The summed E-state index contributed by atoms with van der Waals surface area (Å²) in [5.41, 5.74) is 1.01. The van der Waals surface area contributed by atoms with Crippen molar-refractivity contribution in [1.82, 2.24) is 0 Å². The molecule has 0 saturated carbocycles. The maximum atomic E-state index is 13.4. The van der Waals surface area contributed by atoms with Gasteiger partial charge >= 0.3 is 0 Å². The SMILES string of the molecule is C=CC[C@H]([C@H](O)C(F)(Cl)Cl)[S@@](=O)c1ccc(C)cc1. The lowest BCUT2D eigenvalue weighted by Crippen LogP contribution is -2.40. The summed E-state index contributed by atoms with van der Waals surface area (Å²) in [5, 5.41) is 8.83. The Hall–Kier alpha value is -0.420. The van der Waals surface area contributed by atoms with Crippen LogP contribution < -0.4 is 0 Å². The summed E-state index contributed by atoms with van der Waals surface area (Å²) in [7, 11) is -1.64. The van der Waals surface area contributed by atoms with Crippen molar-refractivity contribution in [1.29, 1.82) is 0 Å². The molecule has 1 aromatic carbocycles. The van der Waals surface area contributed by atoms with Crippen molar-refractivity contribution in [2.75, 3.05) is 0 Å². The van der Waals surface area contributed by atoms with Crippen molar-refractivity contribution in [3.8, 4) is 0 Å². The highest BCUT2D eigenvalue weighted by Crippen LogP contribution is 2.33. The van der Waals surface area contributed by atoms with E-state index >= 15 is 0 Å². The number of aryl methyl sites for hydroxylation is 1. The lowest BCUT2D eigenvalue weighted by atomic mass is 10.2. The maximum absolute atomic E-state index is 13.4. The molecule has 0 spiro atoms. The van der Waals surface area contributed by atoms with E-state index in [2.05, 4.69) is 6.58 Å². The number of aliphatic hydroxyl groups is 1. The first-order chi connectivity index (χ1) is 8.77. The van der Waals surface area contributed by atoms with Gasteiger partial charge in [0.1, 0.15) is 6.10 Å². The van der Waals surface area contributed by atoms with Gasteiger partial charge < -0.3 is 5.11 Å². The van der Waals surface area contributed by atoms with Gasteiger partial charge in [0.25, 0.3) is 4.59 Å². The van der Waals surface area contributed by atoms with Crippen molar-refractivity contribution in [2.24, 2.45) is 0 Å². The predicted octanol–water partition coefficient (Wildman–Crippen LogP) is 3.51. The quantitative estimate of drug-likeness (QED) is 0.642. The van der Waals surface area contributed by atoms with Crippen LogP contribution in [0.4, 0.5) is 4.39 Å². The summed E-state index contributed by atoms with van der Waals surface area (Å²) < 4.78 is 22.9. The molecule has 6 heteroatoms. The van der Waals surface area contributed by atoms with E-state index in [1.54, 1.807) is 24.3 Å². The molecule has 1 aromatic rings. The first-order valence-corrected chi connectivity index (χ1v) is 7.57. The number of halogens is 3. The second kappa shape index (κ2) is 6.84. The Morgan fingerprint density at radius 3 is 2.42 bits per heavy atom. The lowest BCUT2D eigenvalue weighted by Gasteiger charge is -2.25. The monoisotopic (exact) mass is 324 g/mol. The number of alkyl halides is 3. The van der Waals surface area contributed by atoms with Gasteiger partial charge in [-0.25, -0.2) is 4.39 Å². The summed E-state index contributed by atoms with van der Waals surface area (Å²) in [5.74, 6) is 0. The van der Waals surface area contributed by atoms with Crippen LogP contribution in [-0.2, 0) is 10.8 Å². The molecule has 0 aromatic heterocycles. The molecule has 19 heavy (non-hydrogen) atoms. The number of benzene rings is 1. The molecule has 0 fully saturated rings. The highest BCUT2D eigenvalue weighted by Gasteiger charge is 2.41. The zero-order chi connectivity index (χ0) is 14.6. The van der Waals surface area contributed by atoms with Gasteiger partial charge in [-0.05, 0) is 25.5 Å². The normalized spacial score (nSPS) is 16.7. The van der Waals surface area contributed by atoms with Crippen LogP contribution in [0.2, 0.25) is 0 Å². The fraction of sp³-hybridized carbons (Fsp3) is 0.385. The Kier molecular flexibility index (Phi) is 5.99. The summed E-state index contributed by atoms with van der Waals surface area (Å²) in [6.45, 7) is 5.40. The fourth-order valence-corrected chi connectivity index (χ4v) is 3.50. The van der Waals surface area contributed by atoms with E-state index in [9.17, 15) is 13.7 Å². The number of hydrogen-bond donors (Lipinski definition) is 1. The van der Waals surface area contributed by atoms with Crippen LogP contribution in [-0.4, -0.2) is 25.3 Å². The van der Waals surface area contributed by atoms with Crippen molar-refractivity contribution >= 4 is 34.0 Å².